The van der Waals surface area contributed by atoms with Gasteiger partial charge in [0, 0.05) is 0 Å². The largest absolute Gasteiger partial charge is 0.330 e. The maximum absolute atomic E-state index is 13.0. The Labute approximate surface area is 95.4 Å². The maximum Gasteiger partial charge on any atom is 0.178 e. The van der Waals surface area contributed by atoms with Crippen LogP contribution in [-0.4, -0.2) is 20.7 Å². The van der Waals surface area contributed by atoms with E-state index in [0.717, 1.165) is 0 Å². The van der Waals surface area contributed by atoms with E-state index in [1.54, 1.807) is 6.92 Å². The van der Waals surface area contributed by atoms with Crippen molar-refractivity contribution in [1.29, 1.82) is 0 Å². The van der Waals surface area contributed by atoms with Gasteiger partial charge in [0.1, 0.15) is 5.82 Å². The quantitative estimate of drug-likeness (QED) is 0.634. The van der Waals surface area contributed by atoms with Crippen molar-refractivity contribution in [2.24, 2.45) is 5.73 Å². The molecule has 0 aromatic heterocycles. The van der Waals surface area contributed by atoms with Crippen molar-refractivity contribution in [3.63, 3.8) is 0 Å². The molecule has 0 radical (unpaired) electrons. The second kappa shape index (κ2) is 5.41. The Morgan fingerprint density at radius 3 is 2.56 bits per heavy atom. The van der Waals surface area contributed by atoms with E-state index in [9.17, 15) is 12.8 Å². The lowest BCUT2D eigenvalue weighted by Crippen LogP contribution is -2.09. The number of hydrogen-bond acceptors (Lipinski definition) is 3. The molecule has 1 aromatic carbocycles. The average Bonchev–Trinajstić information content (AvgIpc) is 2.22. The van der Waals surface area contributed by atoms with Crippen LogP contribution in [0.3, 0.4) is 0 Å². The van der Waals surface area contributed by atoms with Crippen LogP contribution in [-0.2, 0) is 9.84 Å². The number of hydrogen-bond donors (Lipinski definition) is 1. The average molecular weight is 245 g/mol. The zero-order valence-corrected chi connectivity index (χ0v) is 10.1. The molecule has 0 aliphatic rings. The molecule has 0 aliphatic carbocycles. The molecule has 0 atom stereocenters. The predicted octanol–water partition coefficient (Wildman–Crippen LogP) is 1.65. The molecule has 2 N–H and O–H groups in total. The molecule has 5 heteroatoms. The first-order valence-corrected chi connectivity index (χ1v) is 6.81. The van der Waals surface area contributed by atoms with Crippen molar-refractivity contribution >= 4 is 9.84 Å². The highest BCUT2D eigenvalue weighted by atomic mass is 32.2. The number of unbranched alkanes of at least 4 members (excludes halogenated alkanes) is 1. The summed E-state index contributed by atoms with van der Waals surface area (Å²) in [5, 5.41) is 0. The van der Waals surface area contributed by atoms with Gasteiger partial charge in [-0.2, -0.15) is 0 Å². The molecule has 1 aromatic rings. The van der Waals surface area contributed by atoms with E-state index in [-0.39, 0.29) is 16.5 Å². The lowest BCUT2D eigenvalue weighted by Gasteiger charge is -2.05. The summed E-state index contributed by atoms with van der Waals surface area (Å²) in [7, 11) is -3.29. The molecule has 0 saturated carbocycles. The SMILES string of the molecule is Cc1cc(S(=O)(=O)CCCCN)ccc1F. The normalized spacial score (nSPS) is 11.7. The van der Waals surface area contributed by atoms with Crippen LogP contribution in [0.1, 0.15) is 18.4 Å². The third-order valence-corrected chi connectivity index (χ3v) is 4.15. The van der Waals surface area contributed by atoms with Crippen LogP contribution in [0.2, 0.25) is 0 Å². The van der Waals surface area contributed by atoms with Gasteiger partial charge >= 0.3 is 0 Å². The summed E-state index contributed by atoms with van der Waals surface area (Å²) in [6.07, 6.45) is 1.22. The smallest absolute Gasteiger partial charge is 0.178 e. The number of sulfone groups is 1. The monoisotopic (exact) mass is 245 g/mol. The second-order valence-corrected chi connectivity index (χ2v) is 5.83. The second-order valence-electron chi connectivity index (χ2n) is 3.73. The van der Waals surface area contributed by atoms with Gasteiger partial charge in [-0.3, -0.25) is 0 Å². The molecule has 0 amide bonds. The maximum atomic E-state index is 13.0. The number of benzene rings is 1. The molecule has 0 fully saturated rings. The zero-order chi connectivity index (χ0) is 12.2. The number of aryl methyl sites for hydroxylation is 1. The van der Waals surface area contributed by atoms with Crippen LogP contribution in [0.25, 0.3) is 0 Å². The van der Waals surface area contributed by atoms with Crippen LogP contribution in [0.4, 0.5) is 4.39 Å². The van der Waals surface area contributed by atoms with Crippen molar-refractivity contribution in [2.45, 2.75) is 24.7 Å². The highest BCUT2D eigenvalue weighted by Gasteiger charge is 2.14. The van der Waals surface area contributed by atoms with Crippen molar-refractivity contribution in [3.05, 3.63) is 29.6 Å². The summed E-state index contributed by atoms with van der Waals surface area (Å²) in [6.45, 7) is 2.03. The summed E-state index contributed by atoms with van der Waals surface area (Å²) in [5.41, 5.74) is 5.64. The Morgan fingerprint density at radius 2 is 2.00 bits per heavy atom. The summed E-state index contributed by atoms with van der Waals surface area (Å²) in [6, 6.07) is 3.86. The first-order valence-electron chi connectivity index (χ1n) is 5.16. The predicted molar refractivity (Wildman–Crippen MR) is 61.5 cm³/mol. The first-order chi connectivity index (χ1) is 7.47. The minimum Gasteiger partial charge on any atom is -0.330 e. The third kappa shape index (κ3) is 3.28. The van der Waals surface area contributed by atoms with Crippen molar-refractivity contribution in [3.8, 4) is 0 Å². The van der Waals surface area contributed by atoms with E-state index in [2.05, 4.69) is 0 Å². The van der Waals surface area contributed by atoms with Crippen LogP contribution in [0.5, 0.6) is 0 Å². The first kappa shape index (κ1) is 13.1. The Morgan fingerprint density at radius 1 is 1.31 bits per heavy atom. The van der Waals surface area contributed by atoms with Crippen LogP contribution >= 0.6 is 0 Å². The Kier molecular flexibility index (Phi) is 4.44. The van der Waals surface area contributed by atoms with Gasteiger partial charge in [0.25, 0.3) is 0 Å². The molecule has 0 spiro atoms. The topological polar surface area (TPSA) is 60.2 Å². The number of halogens is 1. The van der Waals surface area contributed by atoms with Gasteiger partial charge in [-0.25, -0.2) is 12.8 Å². The highest BCUT2D eigenvalue weighted by Crippen LogP contribution is 2.16. The molecule has 0 unspecified atom stereocenters. The Balaban J connectivity index is 2.86. The van der Waals surface area contributed by atoms with Crippen LogP contribution in [0, 0.1) is 12.7 Å². The van der Waals surface area contributed by atoms with E-state index in [4.69, 9.17) is 5.73 Å². The van der Waals surface area contributed by atoms with Gasteiger partial charge < -0.3 is 5.73 Å². The Bertz CT molecular complexity index is 457. The lowest BCUT2D eigenvalue weighted by molar-refractivity contribution is 0.590. The molecule has 0 bridgehead atoms. The number of rotatable bonds is 5. The van der Waals surface area contributed by atoms with Crippen molar-refractivity contribution < 1.29 is 12.8 Å². The molecular formula is C11H16FNO2S. The third-order valence-electron chi connectivity index (χ3n) is 2.36. The van der Waals surface area contributed by atoms with Gasteiger partial charge in [0.15, 0.2) is 9.84 Å². The summed E-state index contributed by atoms with van der Waals surface area (Å²) >= 11 is 0. The molecule has 0 heterocycles. The zero-order valence-electron chi connectivity index (χ0n) is 9.24. The van der Waals surface area contributed by atoms with E-state index >= 15 is 0 Å². The highest BCUT2D eigenvalue weighted by molar-refractivity contribution is 7.91. The lowest BCUT2D eigenvalue weighted by atomic mass is 10.2. The molecule has 1 rings (SSSR count). The van der Waals surface area contributed by atoms with Crippen LogP contribution < -0.4 is 5.73 Å². The molecule has 0 aliphatic heterocycles. The summed E-state index contributed by atoms with van der Waals surface area (Å²) < 4.78 is 36.6. The fourth-order valence-corrected chi connectivity index (χ4v) is 2.82. The molecule has 3 nitrogen and oxygen atoms in total. The van der Waals surface area contributed by atoms with E-state index in [0.29, 0.717) is 24.9 Å². The standard InChI is InChI=1S/C11H16FNO2S/c1-9-8-10(4-5-11(9)12)16(14,15)7-3-2-6-13/h4-5,8H,2-3,6-7,13H2,1H3. The summed E-state index contributed by atoms with van der Waals surface area (Å²) in [4.78, 5) is 0.184. The molecule has 90 valence electrons. The van der Waals surface area contributed by atoms with E-state index in [1.165, 1.54) is 18.2 Å². The fraction of sp³-hybridized carbons (Fsp3) is 0.455. The van der Waals surface area contributed by atoms with Gasteiger partial charge in [-0.15, -0.1) is 0 Å². The van der Waals surface area contributed by atoms with Gasteiger partial charge in [-0.1, -0.05) is 0 Å². The molecular weight excluding hydrogens is 229 g/mol. The van der Waals surface area contributed by atoms with Gasteiger partial charge in [0.05, 0.1) is 10.6 Å². The van der Waals surface area contributed by atoms with Crippen LogP contribution in [0.15, 0.2) is 23.1 Å². The molecule has 16 heavy (non-hydrogen) atoms. The minimum absolute atomic E-state index is 0.0648. The molecule has 0 saturated heterocycles. The fourth-order valence-electron chi connectivity index (χ4n) is 1.36. The Hall–Kier alpha value is -0.940. The van der Waals surface area contributed by atoms with Crippen molar-refractivity contribution in [1.82, 2.24) is 0 Å². The minimum atomic E-state index is -3.29. The number of nitrogens with two attached hydrogens (primary N) is 1. The van der Waals surface area contributed by atoms with Crippen molar-refractivity contribution in [2.75, 3.05) is 12.3 Å². The summed E-state index contributed by atoms with van der Waals surface area (Å²) in [5.74, 6) is -0.323. The van der Waals surface area contributed by atoms with E-state index in [1.807, 2.05) is 0 Å². The van der Waals surface area contributed by atoms with E-state index < -0.39 is 9.84 Å². The van der Waals surface area contributed by atoms with Gasteiger partial charge in [-0.05, 0) is 50.1 Å². The van der Waals surface area contributed by atoms with Gasteiger partial charge in [0.2, 0.25) is 0 Å².